The van der Waals surface area contributed by atoms with E-state index in [1.54, 1.807) is 12.1 Å². The molecule has 0 aromatic heterocycles. The van der Waals surface area contributed by atoms with Crippen LogP contribution in [-0.4, -0.2) is 15.5 Å². The summed E-state index contributed by atoms with van der Waals surface area (Å²) < 4.78 is 27.0. The van der Waals surface area contributed by atoms with Crippen molar-refractivity contribution in [2.24, 2.45) is 0 Å². The first-order chi connectivity index (χ1) is 10.6. The van der Waals surface area contributed by atoms with Gasteiger partial charge in [-0.2, -0.15) is 8.42 Å². The Morgan fingerprint density at radius 2 is 1.00 bits per heavy atom. The van der Waals surface area contributed by atoms with Crippen LogP contribution in [0.5, 0.6) is 0 Å². The van der Waals surface area contributed by atoms with E-state index in [0.29, 0.717) is 0 Å². The van der Waals surface area contributed by atoms with Gasteiger partial charge in [0.2, 0.25) is 0 Å². The predicted molar refractivity (Wildman–Crippen MR) is 95.5 cm³/mol. The second kappa shape index (κ2) is 7.75. The minimum atomic E-state index is -3.54. The van der Waals surface area contributed by atoms with E-state index in [4.69, 9.17) is 0 Å². The molecule has 0 aliphatic carbocycles. The summed E-state index contributed by atoms with van der Waals surface area (Å²) in [6, 6.07) is 9.57. The molecule has 0 heterocycles. The Morgan fingerprint density at radius 1 is 0.652 bits per heavy atom. The van der Waals surface area contributed by atoms with Crippen molar-refractivity contribution in [3.8, 4) is 0 Å². The van der Waals surface area contributed by atoms with Crippen molar-refractivity contribution in [3.05, 3.63) is 63.7 Å². The van der Waals surface area contributed by atoms with Crippen LogP contribution in [0.4, 0.5) is 0 Å². The molecule has 0 bridgehead atoms. The minimum Gasteiger partial charge on any atom is -0.270 e. The van der Waals surface area contributed by atoms with Gasteiger partial charge in [-0.05, 0) is 87.1 Å². The fourth-order valence-electron chi connectivity index (χ4n) is 2.28. The topological polar surface area (TPSA) is 43.4 Å². The predicted octanol–water partition coefficient (Wildman–Crippen LogP) is 4.56. The van der Waals surface area contributed by atoms with Crippen LogP contribution in [0.15, 0.2) is 35.2 Å². The molecule has 0 atom stereocenters. The summed E-state index contributed by atoms with van der Waals surface area (Å²) in [7, 11) is -2.38. The standard InChI is InChI=1S/C10H14.C9H12O3S/c1-7-5-9(3)10(4)6-8(7)2;1-7-4-8(2)6-9(5-7)13(10,11)12-3/h5-6H,1-4H3;4-6H,1-3H3. The second-order valence-electron chi connectivity index (χ2n) is 5.96. The fraction of sp³-hybridized carbons (Fsp3) is 0.368. The zero-order valence-electron chi connectivity index (χ0n) is 15.0. The lowest BCUT2D eigenvalue weighted by molar-refractivity contribution is 0.397. The molecule has 2 aromatic carbocycles. The SMILES string of the molecule is COS(=O)(=O)c1cc(C)cc(C)c1.Cc1cc(C)c(C)cc1C. The molecule has 0 unspecified atom stereocenters. The lowest BCUT2D eigenvalue weighted by Gasteiger charge is -2.04. The van der Waals surface area contributed by atoms with Crippen LogP contribution in [0.25, 0.3) is 0 Å². The molecular formula is C19H26O3S. The summed E-state index contributed by atoms with van der Waals surface area (Å²) in [6.45, 7) is 12.3. The third kappa shape index (κ3) is 5.48. The number of aryl methyl sites for hydroxylation is 6. The van der Waals surface area contributed by atoms with Crippen molar-refractivity contribution in [2.75, 3.05) is 7.11 Å². The van der Waals surface area contributed by atoms with Crippen molar-refractivity contribution in [2.45, 2.75) is 46.4 Å². The Bertz CT molecular complexity index is 720. The molecule has 4 heteroatoms. The van der Waals surface area contributed by atoms with Gasteiger partial charge in [-0.1, -0.05) is 18.2 Å². The highest BCUT2D eigenvalue weighted by molar-refractivity contribution is 7.86. The van der Waals surface area contributed by atoms with Crippen LogP contribution >= 0.6 is 0 Å². The van der Waals surface area contributed by atoms with Crippen LogP contribution in [-0.2, 0) is 14.3 Å². The summed E-state index contributed by atoms with van der Waals surface area (Å²) in [4.78, 5) is 0.215. The molecule has 23 heavy (non-hydrogen) atoms. The molecule has 0 radical (unpaired) electrons. The summed E-state index contributed by atoms with van der Waals surface area (Å²) in [5, 5.41) is 0. The molecule has 0 amide bonds. The molecule has 2 rings (SSSR count). The van der Waals surface area contributed by atoms with Crippen molar-refractivity contribution >= 4 is 10.1 Å². The van der Waals surface area contributed by atoms with Crippen LogP contribution in [0.1, 0.15) is 33.4 Å². The van der Waals surface area contributed by atoms with Gasteiger partial charge in [0.1, 0.15) is 0 Å². The van der Waals surface area contributed by atoms with E-state index in [2.05, 4.69) is 44.0 Å². The average molecular weight is 334 g/mol. The molecular weight excluding hydrogens is 308 g/mol. The van der Waals surface area contributed by atoms with Crippen molar-refractivity contribution in [1.29, 1.82) is 0 Å². The lowest BCUT2D eigenvalue weighted by Crippen LogP contribution is -2.03. The van der Waals surface area contributed by atoms with Gasteiger partial charge < -0.3 is 0 Å². The van der Waals surface area contributed by atoms with E-state index in [1.165, 1.54) is 22.3 Å². The Labute approximate surface area is 140 Å². The highest BCUT2D eigenvalue weighted by atomic mass is 32.2. The first-order valence-corrected chi connectivity index (χ1v) is 8.91. The van der Waals surface area contributed by atoms with Gasteiger partial charge in [0, 0.05) is 0 Å². The molecule has 0 saturated heterocycles. The van der Waals surface area contributed by atoms with E-state index in [9.17, 15) is 8.42 Å². The molecule has 0 saturated carbocycles. The number of hydrogen-bond acceptors (Lipinski definition) is 3. The molecule has 126 valence electrons. The fourth-order valence-corrected chi connectivity index (χ4v) is 3.13. The first kappa shape index (κ1) is 19.4. The number of hydrogen-bond donors (Lipinski definition) is 0. The monoisotopic (exact) mass is 334 g/mol. The van der Waals surface area contributed by atoms with E-state index in [0.717, 1.165) is 18.2 Å². The van der Waals surface area contributed by atoms with Crippen LogP contribution < -0.4 is 0 Å². The maximum absolute atomic E-state index is 11.3. The highest BCUT2D eigenvalue weighted by Gasteiger charge is 2.12. The third-order valence-corrected chi connectivity index (χ3v) is 5.07. The maximum Gasteiger partial charge on any atom is 0.296 e. The van der Waals surface area contributed by atoms with Crippen molar-refractivity contribution in [1.82, 2.24) is 0 Å². The zero-order valence-corrected chi connectivity index (χ0v) is 15.8. The normalized spacial score (nSPS) is 10.9. The summed E-state index contributed by atoms with van der Waals surface area (Å²) in [5.41, 5.74) is 7.39. The van der Waals surface area contributed by atoms with Gasteiger partial charge >= 0.3 is 0 Å². The maximum atomic E-state index is 11.3. The van der Waals surface area contributed by atoms with Crippen LogP contribution in [0, 0.1) is 41.5 Å². The smallest absolute Gasteiger partial charge is 0.270 e. The van der Waals surface area contributed by atoms with Gasteiger partial charge in [-0.15, -0.1) is 0 Å². The Balaban J connectivity index is 0.000000238. The van der Waals surface area contributed by atoms with Crippen LogP contribution in [0.2, 0.25) is 0 Å². The van der Waals surface area contributed by atoms with Gasteiger partial charge in [-0.25, -0.2) is 0 Å². The minimum absolute atomic E-state index is 0.215. The Kier molecular flexibility index (Phi) is 6.54. The van der Waals surface area contributed by atoms with E-state index >= 15 is 0 Å². The molecule has 3 nitrogen and oxygen atoms in total. The molecule has 0 spiro atoms. The van der Waals surface area contributed by atoms with Gasteiger partial charge in [0.05, 0.1) is 12.0 Å². The Hall–Kier alpha value is -1.65. The van der Waals surface area contributed by atoms with Crippen LogP contribution in [0.3, 0.4) is 0 Å². The third-order valence-electron chi connectivity index (χ3n) is 3.81. The van der Waals surface area contributed by atoms with E-state index < -0.39 is 10.1 Å². The quantitative estimate of drug-likeness (QED) is 0.756. The molecule has 2 aromatic rings. The lowest BCUT2D eigenvalue weighted by atomic mass is 10.0. The van der Waals surface area contributed by atoms with E-state index in [1.807, 2.05) is 19.9 Å². The number of rotatable bonds is 2. The van der Waals surface area contributed by atoms with Gasteiger partial charge in [0.25, 0.3) is 10.1 Å². The molecule has 0 aliphatic heterocycles. The van der Waals surface area contributed by atoms with Gasteiger partial charge in [-0.3, -0.25) is 4.18 Å². The largest absolute Gasteiger partial charge is 0.296 e. The van der Waals surface area contributed by atoms with Crippen molar-refractivity contribution in [3.63, 3.8) is 0 Å². The summed E-state index contributed by atoms with van der Waals surface area (Å²) >= 11 is 0. The molecule has 0 N–H and O–H groups in total. The van der Waals surface area contributed by atoms with Gasteiger partial charge in [0.15, 0.2) is 0 Å². The average Bonchev–Trinajstić information content (AvgIpc) is 2.45. The van der Waals surface area contributed by atoms with Crippen molar-refractivity contribution < 1.29 is 12.6 Å². The highest BCUT2D eigenvalue weighted by Crippen LogP contribution is 2.15. The number of benzene rings is 2. The summed E-state index contributed by atoms with van der Waals surface area (Å²) in [5.74, 6) is 0. The first-order valence-electron chi connectivity index (χ1n) is 7.50. The second-order valence-corrected chi connectivity index (χ2v) is 7.68. The molecule has 0 aliphatic rings. The zero-order chi connectivity index (χ0) is 17.8. The summed E-state index contributed by atoms with van der Waals surface area (Å²) in [6.07, 6.45) is 0. The Morgan fingerprint density at radius 3 is 1.30 bits per heavy atom. The van der Waals surface area contributed by atoms with E-state index in [-0.39, 0.29) is 4.90 Å². The molecule has 0 fully saturated rings.